The van der Waals surface area contributed by atoms with Crippen molar-refractivity contribution in [2.45, 2.75) is 64.8 Å². The molecular weight excluding hydrogens is 508 g/mol. The number of ether oxygens (including phenoxy) is 1. The molecule has 210 valence electrons. The number of rotatable bonds is 10. The summed E-state index contributed by atoms with van der Waals surface area (Å²) in [5, 5.41) is 22.5. The summed E-state index contributed by atoms with van der Waals surface area (Å²) in [7, 11) is 0. The molecule has 0 amide bonds. The van der Waals surface area contributed by atoms with E-state index in [-0.39, 0.29) is 12.0 Å². The maximum absolute atomic E-state index is 10.5. The van der Waals surface area contributed by atoms with Crippen molar-refractivity contribution in [1.82, 2.24) is 40.2 Å². The molecule has 5 rings (SSSR count). The average Bonchev–Trinajstić information content (AvgIpc) is 3.63. The Bertz CT molecular complexity index is 1420. The summed E-state index contributed by atoms with van der Waals surface area (Å²) >= 11 is 0. The van der Waals surface area contributed by atoms with Crippen LogP contribution in [0.15, 0.2) is 54.2 Å². The first-order valence-corrected chi connectivity index (χ1v) is 13.6. The predicted octanol–water partition coefficient (Wildman–Crippen LogP) is 3.87. The summed E-state index contributed by atoms with van der Waals surface area (Å²) in [5.74, 6) is 1.71. The van der Waals surface area contributed by atoms with Crippen LogP contribution >= 0.6 is 0 Å². The molecule has 1 fully saturated rings. The van der Waals surface area contributed by atoms with Crippen molar-refractivity contribution in [2.75, 3.05) is 13.2 Å². The summed E-state index contributed by atoms with van der Waals surface area (Å²) < 4.78 is 12.7. The lowest BCUT2D eigenvalue weighted by Crippen LogP contribution is -2.43. The summed E-state index contributed by atoms with van der Waals surface area (Å²) in [6.07, 6.45) is 9.89. The Kier molecular flexibility index (Phi) is 8.15. The van der Waals surface area contributed by atoms with Gasteiger partial charge in [-0.25, -0.2) is 9.97 Å². The maximum atomic E-state index is 10.5. The van der Waals surface area contributed by atoms with Gasteiger partial charge in [-0.2, -0.15) is 10.1 Å². The molecule has 4 aromatic heterocycles. The van der Waals surface area contributed by atoms with Gasteiger partial charge >= 0.3 is 0 Å². The lowest BCUT2D eigenvalue weighted by molar-refractivity contribution is 0.0428. The van der Waals surface area contributed by atoms with E-state index in [2.05, 4.69) is 52.9 Å². The maximum Gasteiger partial charge on any atom is 0.261 e. The van der Waals surface area contributed by atoms with Gasteiger partial charge in [0, 0.05) is 49.6 Å². The molecule has 1 aliphatic heterocycles. The summed E-state index contributed by atoms with van der Waals surface area (Å²) in [6.45, 7) is 13.8. The van der Waals surface area contributed by atoms with Crippen LogP contribution in [-0.2, 0) is 16.7 Å². The number of hydrogen-bond donors (Lipinski definition) is 2. The van der Waals surface area contributed by atoms with Gasteiger partial charge in [-0.3, -0.25) is 15.0 Å². The Balaban J connectivity index is 1.31. The molecular formula is C29H36N8O3. The highest BCUT2D eigenvalue weighted by Gasteiger charge is 2.38. The Morgan fingerprint density at radius 2 is 1.88 bits per heavy atom. The molecule has 11 nitrogen and oxygen atoms in total. The normalized spacial score (nSPS) is 16.6. The lowest BCUT2D eigenvalue weighted by Gasteiger charge is -2.30. The average molecular weight is 545 g/mol. The highest BCUT2D eigenvalue weighted by molar-refractivity contribution is 5.60. The van der Waals surface area contributed by atoms with Crippen LogP contribution in [0, 0.1) is 5.92 Å². The second kappa shape index (κ2) is 11.7. The minimum absolute atomic E-state index is 0.151. The molecule has 1 aliphatic rings. The molecule has 0 spiro atoms. The van der Waals surface area contributed by atoms with E-state index in [1.54, 1.807) is 29.5 Å². The van der Waals surface area contributed by atoms with Crippen molar-refractivity contribution in [3.8, 4) is 22.7 Å². The highest BCUT2D eigenvalue weighted by atomic mass is 16.5. The molecule has 0 radical (unpaired) electrons. The molecule has 2 atom stereocenters. The Hall–Kier alpha value is -3.80. The second-order valence-corrected chi connectivity index (χ2v) is 10.8. The van der Waals surface area contributed by atoms with Gasteiger partial charge in [0.2, 0.25) is 0 Å². The number of aliphatic hydroxyl groups is 1. The first kappa shape index (κ1) is 27.8. The van der Waals surface area contributed by atoms with Crippen LogP contribution in [-0.4, -0.2) is 65.5 Å². The quantitative estimate of drug-likeness (QED) is 0.283. The number of nitrogens with one attached hydrogen (secondary N) is 1. The van der Waals surface area contributed by atoms with Gasteiger partial charge in [0.05, 0.1) is 29.4 Å². The second-order valence-electron chi connectivity index (χ2n) is 10.8. The molecule has 4 aromatic rings. The zero-order valence-electron chi connectivity index (χ0n) is 23.4. The third kappa shape index (κ3) is 5.86. The van der Waals surface area contributed by atoms with Crippen LogP contribution in [0.3, 0.4) is 0 Å². The van der Waals surface area contributed by atoms with Crippen LogP contribution in [0.2, 0.25) is 0 Å². The van der Waals surface area contributed by atoms with Crippen molar-refractivity contribution in [2.24, 2.45) is 5.92 Å². The van der Waals surface area contributed by atoms with Gasteiger partial charge in [-0.05, 0) is 49.8 Å². The van der Waals surface area contributed by atoms with E-state index < -0.39 is 11.6 Å². The fourth-order valence-electron chi connectivity index (χ4n) is 4.76. The Morgan fingerprint density at radius 3 is 2.52 bits per heavy atom. The molecule has 0 bridgehead atoms. The first-order valence-electron chi connectivity index (χ1n) is 13.6. The number of aromatic nitrogens is 7. The van der Waals surface area contributed by atoms with Gasteiger partial charge < -0.3 is 14.4 Å². The number of allylic oxidation sites excluding steroid dienone is 1. The molecule has 40 heavy (non-hydrogen) atoms. The molecule has 5 heterocycles. The minimum Gasteiger partial charge on any atom is -0.381 e. The van der Waals surface area contributed by atoms with Gasteiger partial charge in [-0.15, -0.1) is 0 Å². The monoisotopic (exact) mass is 544 g/mol. The number of hydrogen-bond acceptors (Lipinski definition) is 10. The van der Waals surface area contributed by atoms with Gasteiger partial charge in [0.15, 0.2) is 11.6 Å². The third-order valence-electron chi connectivity index (χ3n) is 7.63. The van der Waals surface area contributed by atoms with E-state index in [4.69, 9.17) is 19.2 Å². The fraction of sp³-hybridized carbons (Fsp3) is 0.448. The first-order chi connectivity index (χ1) is 19.2. The van der Waals surface area contributed by atoms with E-state index in [9.17, 15) is 5.11 Å². The molecule has 2 N–H and O–H groups in total. The van der Waals surface area contributed by atoms with Crippen molar-refractivity contribution >= 4 is 5.57 Å². The van der Waals surface area contributed by atoms with Crippen LogP contribution in [0.1, 0.15) is 57.7 Å². The van der Waals surface area contributed by atoms with Crippen LogP contribution < -0.4 is 5.32 Å². The van der Waals surface area contributed by atoms with Crippen molar-refractivity contribution in [1.29, 1.82) is 0 Å². The largest absolute Gasteiger partial charge is 0.381 e. The molecule has 0 aromatic carbocycles. The van der Waals surface area contributed by atoms with Crippen molar-refractivity contribution in [3.05, 3.63) is 66.9 Å². The zero-order valence-corrected chi connectivity index (χ0v) is 23.4. The molecule has 2 unspecified atom stereocenters. The zero-order chi connectivity index (χ0) is 28.3. The van der Waals surface area contributed by atoms with Crippen molar-refractivity contribution < 1.29 is 14.4 Å². The summed E-state index contributed by atoms with van der Waals surface area (Å²) in [5.41, 5.74) is 3.53. The predicted molar refractivity (Wildman–Crippen MR) is 150 cm³/mol. The Morgan fingerprint density at radius 1 is 1.12 bits per heavy atom. The Labute approximate surface area is 233 Å². The van der Waals surface area contributed by atoms with Crippen LogP contribution in [0.4, 0.5) is 0 Å². The molecule has 0 aliphatic carbocycles. The molecule has 11 heteroatoms. The van der Waals surface area contributed by atoms with Gasteiger partial charge in [0.25, 0.3) is 5.89 Å². The number of pyridine rings is 1. The fourth-order valence-corrected chi connectivity index (χ4v) is 4.76. The third-order valence-corrected chi connectivity index (χ3v) is 7.63. The molecule has 1 saturated heterocycles. The van der Waals surface area contributed by atoms with Gasteiger partial charge in [0.1, 0.15) is 6.23 Å². The minimum atomic E-state index is -0.718. The topological polar surface area (TPSA) is 137 Å². The standard InChI is InChI=1S/C29H36N8O3/c1-18(2)26-31-12-20(13-32-26)24-7-6-22(15-30-24)29(5,19(3)4)28-35-27(40-36-28)21-14-33-37(16-21)17-25(38)34-23-8-10-39-11-9-23/h6-7,12-16,19,23,25,34,38H,1,8-11,17H2,2-5H3. The number of aliphatic hydroxyl groups excluding tert-OH is 1. The summed E-state index contributed by atoms with van der Waals surface area (Å²) in [6, 6.07) is 4.24. The van der Waals surface area contributed by atoms with E-state index in [1.165, 1.54) is 0 Å². The van der Waals surface area contributed by atoms with E-state index in [0.29, 0.717) is 42.9 Å². The molecule has 0 saturated carbocycles. The highest BCUT2D eigenvalue weighted by Crippen LogP contribution is 2.38. The van der Waals surface area contributed by atoms with Crippen LogP contribution in [0.5, 0.6) is 0 Å². The van der Waals surface area contributed by atoms with E-state index >= 15 is 0 Å². The van der Waals surface area contributed by atoms with Crippen LogP contribution in [0.25, 0.3) is 28.3 Å². The number of nitrogens with zero attached hydrogens (tertiary/aromatic N) is 7. The lowest BCUT2D eigenvalue weighted by atomic mass is 9.73. The summed E-state index contributed by atoms with van der Waals surface area (Å²) in [4.78, 5) is 18.2. The van der Waals surface area contributed by atoms with Gasteiger partial charge in [-0.1, -0.05) is 31.6 Å². The van der Waals surface area contributed by atoms with E-state index in [1.807, 2.05) is 25.3 Å². The van der Waals surface area contributed by atoms with Crippen molar-refractivity contribution in [3.63, 3.8) is 0 Å². The van der Waals surface area contributed by atoms with E-state index in [0.717, 1.165) is 35.2 Å². The SMILES string of the molecule is C=C(C)c1ncc(-c2ccc(C(C)(c3noc(-c4cnn(CC(O)NC5CCOCC5)c4)n3)C(C)C)cn2)cn1. The smallest absolute Gasteiger partial charge is 0.261 e.